The van der Waals surface area contributed by atoms with Gasteiger partial charge in [0, 0.05) is 34.4 Å². The van der Waals surface area contributed by atoms with Gasteiger partial charge in [0.25, 0.3) is 0 Å². The number of pyridine rings is 2. The summed E-state index contributed by atoms with van der Waals surface area (Å²) < 4.78 is 7.60. The minimum absolute atomic E-state index is 0.816. The van der Waals surface area contributed by atoms with Crippen molar-refractivity contribution in [1.82, 2.24) is 19.5 Å². The largest absolute Gasteiger partial charge is 0.497 e. The van der Waals surface area contributed by atoms with Crippen LogP contribution >= 0.6 is 0 Å². The summed E-state index contributed by atoms with van der Waals surface area (Å²) in [7, 11) is 1.68. The average molecular weight is 416 g/mol. The molecule has 0 aliphatic carbocycles. The summed E-state index contributed by atoms with van der Waals surface area (Å²) in [6.07, 6.45) is 3.63. The van der Waals surface area contributed by atoms with Gasteiger partial charge in [0.1, 0.15) is 11.6 Å². The van der Waals surface area contributed by atoms with Crippen LogP contribution in [0.5, 0.6) is 5.75 Å². The first kappa shape index (κ1) is 18.5. The summed E-state index contributed by atoms with van der Waals surface area (Å²) in [5.41, 5.74) is 6.96. The fourth-order valence-electron chi connectivity index (χ4n) is 4.31. The fraction of sp³-hybridized carbons (Fsp3) is 0.0741. The van der Waals surface area contributed by atoms with Gasteiger partial charge < -0.3 is 4.74 Å². The molecule has 32 heavy (non-hydrogen) atoms. The topological polar surface area (TPSA) is 52.8 Å². The van der Waals surface area contributed by atoms with Crippen molar-refractivity contribution in [2.75, 3.05) is 7.11 Å². The van der Waals surface area contributed by atoms with Crippen LogP contribution in [0.2, 0.25) is 0 Å². The Morgan fingerprint density at radius 3 is 2.06 bits per heavy atom. The van der Waals surface area contributed by atoms with Crippen LogP contribution < -0.4 is 4.74 Å². The predicted octanol–water partition coefficient (Wildman–Crippen LogP) is 6.11. The van der Waals surface area contributed by atoms with Crippen molar-refractivity contribution in [2.45, 2.75) is 6.92 Å². The molecule has 3 aromatic heterocycles. The molecule has 6 rings (SSSR count). The Balaban J connectivity index is 1.81. The molecule has 5 nitrogen and oxygen atoms in total. The van der Waals surface area contributed by atoms with E-state index in [0.29, 0.717) is 0 Å². The molecule has 0 unspecified atom stereocenters. The highest BCUT2D eigenvalue weighted by Gasteiger charge is 2.20. The molecule has 0 radical (unpaired) electrons. The Morgan fingerprint density at radius 1 is 0.719 bits per heavy atom. The Labute approximate surface area is 185 Å². The molecule has 3 aromatic carbocycles. The molecule has 0 spiro atoms. The fourth-order valence-corrected chi connectivity index (χ4v) is 4.31. The van der Waals surface area contributed by atoms with E-state index in [-0.39, 0.29) is 0 Å². The third kappa shape index (κ3) is 2.75. The van der Waals surface area contributed by atoms with Gasteiger partial charge in [0.2, 0.25) is 0 Å². The first-order valence-electron chi connectivity index (χ1n) is 10.5. The SMILES string of the molecule is COc1ccc(-n2c(-c3ccc(C)cc3)nc3c4cccnc4c4ncccc4c32)cc1. The molecular formula is C27H20N4O. The lowest BCUT2D eigenvalue weighted by Gasteiger charge is -2.12. The van der Waals surface area contributed by atoms with Crippen molar-refractivity contribution in [3.63, 3.8) is 0 Å². The maximum atomic E-state index is 5.39. The summed E-state index contributed by atoms with van der Waals surface area (Å²) >= 11 is 0. The molecule has 0 saturated heterocycles. The van der Waals surface area contributed by atoms with Gasteiger partial charge >= 0.3 is 0 Å². The summed E-state index contributed by atoms with van der Waals surface area (Å²) in [5.74, 6) is 1.70. The highest BCUT2D eigenvalue weighted by atomic mass is 16.5. The van der Waals surface area contributed by atoms with E-state index in [1.54, 1.807) is 7.11 Å². The van der Waals surface area contributed by atoms with Crippen molar-refractivity contribution in [2.24, 2.45) is 0 Å². The second kappa shape index (κ2) is 7.17. The van der Waals surface area contributed by atoms with Crippen LogP contribution in [0.15, 0.2) is 85.2 Å². The maximum Gasteiger partial charge on any atom is 0.145 e. The van der Waals surface area contributed by atoms with Gasteiger partial charge in [0.05, 0.1) is 29.2 Å². The van der Waals surface area contributed by atoms with E-state index in [1.807, 2.05) is 36.7 Å². The molecule has 0 atom stereocenters. The lowest BCUT2D eigenvalue weighted by Crippen LogP contribution is -1.99. The number of ether oxygens (including phenoxy) is 1. The van der Waals surface area contributed by atoms with Gasteiger partial charge in [-0.25, -0.2) is 4.98 Å². The Bertz CT molecular complexity index is 1600. The van der Waals surface area contributed by atoms with Crippen molar-refractivity contribution in [3.05, 3.63) is 90.8 Å². The number of aromatic nitrogens is 4. The van der Waals surface area contributed by atoms with E-state index in [1.165, 1.54) is 5.56 Å². The van der Waals surface area contributed by atoms with E-state index >= 15 is 0 Å². The van der Waals surface area contributed by atoms with Gasteiger partial charge in [-0.3, -0.25) is 14.5 Å². The first-order chi connectivity index (χ1) is 15.7. The minimum Gasteiger partial charge on any atom is -0.497 e. The van der Waals surface area contributed by atoms with Crippen LogP contribution in [0.1, 0.15) is 5.56 Å². The molecule has 0 amide bonds. The van der Waals surface area contributed by atoms with Crippen LogP contribution in [-0.2, 0) is 0 Å². The molecule has 0 bridgehead atoms. The number of rotatable bonds is 3. The molecule has 3 heterocycles. The van der Waals surface area contributed by atoms with Crippen molar-refractivity contribution < 1.29 is 4.74 Å². The van der Waals surface area contributed by atoms with Crippen molar-refractivity contribution >= 4 is 32.8 Å². The zero-order valence-electron chi connectivity index (χ0n) is 17.8. The lowest BCUT2D eigenvalue weighted by molar-refractivity contribution is 0.415. The summed E-state index contributed by atoms with van der Waals surface area (Å²) in [4.78, 5) is 14.5. The molecule has 6 aromatic rings. The van der Waals surface area contributed by atoms with E-state index in [2.05, 4.69) is 65.0 Å². The van der Waals surface area contributed by atoms with Crippen LogP contribution in [0.25, 0.3) is 49.9 Å². The van der Waals surface area contributed by atoms with Crippen LogP contribution in [0.4, 0.5) is 0 Å². The Hall–Kier alpha value is -4.25. The normalized spacial score (nSPS) is 11.4. The third-order valence-corrected chi connectivity index (χ3v) is 5.87. The zero-order valence-corrected chi connectivity index (χ0v) is 17.8. The molecule has 0 aliphatic rings. The van der Waals surface area contributed by atoms with Gasteiger partial charge in [-0.2, -0.15) is 0 Å². The molecule has 0 saturated carbocycles. The van der Waals surface area contributed by atoms with Crippen LogP contribution in [-0.4, -0.2) is 26.6 Å². The molecule has 5 heteroatoms. The van der Waals surface area contributed by atoms with Crippen molar-refractivity contribution in [1.29, 1.82) is 0 Å². The van der Waals surface area contributed by atoms with Gasteiger partial charge in [-0.1, -0.05) is 29.8 Å². The molecule has 0 fully saturated rings. The number of nitrogens with zero attached hydrogens (tertiary/aromatic N) is 4. The van der Waals surface area contributed by atoms with Gasteiger partial charge in [-0.15, -0.1) is 0 Å². The number of imidazole rings is 1. The van der Waals surface area contributed by atoms with E-state index in [0.717, 1.165) is 55.7 Å². The van der Waals surface area contributed by atoms with E-state index < -0.39 is 0 Å². The molecule has 154 valence electrons. The summed E-state index contributed by atoms with van der Waals surface area (Å²) in [6.45, 7) is 2.09. The van der Waals surface area contributed by atoms with E-state index in [9.17, 15) is 0 Å². The summed E-state index contributed by atoms with van der Waals surface area (Å²) in [5, 5.41) is 2.02. The molecule has 0 aliphatic heterocycles. The number of benzene rings is 3. The first-order valence-corrected chi connectivity index (χ1v) is 10.5. The van der Waals surface area contributed by atoms with Gasteiger partial charge in [0.15, 0.2) is 0 Å². The predicted molar refractivity (Wildman–Crippen MR) is 128 cm³/mol. The highest BCUT2D eigenvalue weighted by molar-refractivity contribution is 6.21. The maximum absolute atomic E-state index is 5.39. The smallest absolute Gasteiger partial charge is 0.145 e. The second-order valence-corrected chi connectivity index (χ2v) is 7.83. The van der Waals surface area contributed by atoms with Gasteiger partial charge in [-0.05, 0) is 55.5 Å². The number of methoxy groups -OCH3 is 1. The molecular weight excluding hydrogens is 396 g/mol. The Kier molecular flexibility index (Phi) is 4.15. The van der Waals surface area contributed by atoms with Crippen molar-refractivity contribution in [3.8, 4) is 22.8 Å². The van der Waals surface area contributed by atoms with Crippen LogP contribution in [0, 0.1) is 6.92 Å². The number of hydrogen-bond donors (Lipinski definition) is 0. The number of aryl methyl sites for hydroxylation is 1. The number of fused-ring (bicyclic) bond motifs is 6. The standard InChI is InChI=1S/C27H20N4O/c1-17-7-9-18(10-8-17)27-30-25-21-5-3-15-28-23(21)24-22(6-4-16-29-24)26(25)31(27)19-11-13-20(32-2)14-12-19/h3-16H,1-2H3. The average Bonchev–Trinajstić information content (AvgIpc) is 3.26. The number of hydrogen-bond acceptors (Lipinski definition) is 4. The minimum atomic E-state index is 0.816. The molecule has 0 N–H and O–H groups in total. The zero-order chi connectivity index (χ0) is 21.7. The highest BCUT2D eigenvalue weighted by Crippen LogP contribution is 2.37. The quantitative estimate of drug-likeness (QED) is 0.327. The Morgan fingerprint density at radius 2 is 1.38 bits per heavy atom. The lowest BCUT2D eigenvalue weighted by atomic mass is 10.1. The summed E-state index contributed by atoms with van der Waals surface area (Å²) in [6, 6.07) is 24.6. The van der Waals surface area contributed by atoms with E-state index in [4.69, 9.17) is 14.7 Å². The second-order valence-electron chi connectivity index (χ2n) is 7.83. The van der Waals surface area contributed by atoms with Crippen LogP contribution in [0.3, 0.4) is 0 Å². The monoisotopic (exact) mass is 416 g/mol. The third-order valence-electron chi connectivity index (χ3n) is 5.87.